The van der Waals surface area contributed by atoms with Crippen LogP contribution in [0.4, 0.5) is 0 Å². The fraction of sp³-hybridized carbons (Fsp3) is 0.841. The Bertz CT molecular complexity index is 765. The van der Waals surface area contributed by atoms with Crippen LogP contribution in [0.3, 0.4) is 0 Å². The van der Waals surface area contributed by atoms with Gasteiger partial charge < -0.3 is 15.5 Å². The van der Waals surface area contributed by atoms with E-state index < -0.39 is 12.0 Å². The summed E-state index contributed by atoms with van der Waals surface area (Å²) in [5.74, 6) is -0.992. The minimum Gasteiger partial charge on any atom is -0.480 e. The number of aliphatic carboxylic acids is 1. The van der Waals surface area contributed by atoms with Crippen molar-refractivity contribution in [2.45, 2.75) is 226 Å². The van der Waals surface area contributed by atoms with Crippen molar-refractivity contribution >= 4 is 25.6 Å². The molecule has 299 valence electrons. The Balaban J connectivity index is 0. The van der Waals surface area contributed by atoms with Gasteiger partial charge in [-0.25, -0.2) is 0 Å². The van der Waals surface area contributed by atoms with E-state index in [2.05, 4.69) is 50.4 Å². The number of allylic oxidation sites excluding steroid dienone is 4. The van der Waals surface area contributed by atoms with Crippen molar-refractivity contribution in [1.82, 2.24) is 5.32 Å². The van der Waals surface area contributed by atoms with Gasteiger partial charge in [0.15, 0.2) is 11.0 Å². The van der Waals surface area contributed by atoms with Crippen LogP contribution in [0.5, 0.6) is 0 Å². The van der Waals surface area contributed by atoms with Gasteiger partial charge >= 0.3 is 5.97 Å². The first-order valence-electron chi connectivity index (χ1n) is 21.6. The van der Waals surface area contributed by atoms with Crippen LogP contribution in [0.2, 0.25) is 0 Å². The molecule has 0 aliphatic carbocycles. The summed E-state index contributed by atoms with van der Waals surface area (Å²) in [7, 11) is 0.441. The molecule has 0 aliphatic rings. The van der Waals surface area contributed by atoms with Crippen LogP contribution in [-0.2, 0) is 14.4 Å². The molecule has 1 radical (unpaired) electrons. The normalized spacial score (nSPS) is 12.0. The molecule has 0 saturated heterocycles. The van der Waals surface area contributed by atoms with Crippen molar-refractivity contribution in [3.63, 3.8) is 0 Å². The molecule has 7 heteroatoms. The van der Waals surface area contributed by atoms with Crippen LogP contribution < -0.4 is 5.32 Å². The van der Waals surface area contributed by atoms with E-state index >= 15 is 0 Å². The fourth-order valence-corrected chi connectivity index (χ4v) is 6.64. The van der Waals surface area contributed by atoms with Gasteiger partial charge in [-0.05, 0) is 77.2 Å². The standard InChI is InChI=1S/C36H66O2P.C8H17NO3/c1-3-5-7-9-11-13-15-17-19-21-23-25-27-29-31-33-35(37)39-36(38)34-32-30-28-26-24-22-20-18-16-14-12-10-8-6-4-2;1-2-3-4-5-9-7(6-10)8(11)12/h17-20H,3-16,21-34H2,1-2H3;7,9-10H,2-6H2,1H3,(H,11,12)/b19-17-,20-18-;. The monoisotopic (exact) mass is 737 g/mol. The third kappa shape index (κ3) is 44.7. The summed E-state index contributed by atoms with van der Waals surface area (Å²) in [6.45, 7) is 6.94. The third-order valence-electron chi connectivity index (χ3n) is 9.21. The molecule has 51 heavy (non-hydrogen) atoms. The molecule has 0 aromatic rings. The molecule has 0 bridgehead atoms. The maximum absolute atomic E-state index is 12.1. The lowest BCUT2D eigenvalue weighted by Gasteiger charge is -2.10. The van der Waals surface area contributed by atoms with Crippen molar-refractivity contribution in [2.75, 3.05) is 13.2 Å². The molecule has 0 fully saturated rings. The molecule has 0 rings (SSSR count). The molecular weight excluding hydrogens is 653 g/mol. The molecular formula is C44H83NO5P. The molecule has 0 heterocycles. The number of carboxylic acid groups (broad SMARTS) is 1. The first kappa shape index (κ1) is 51.7. The van der Waals surface area contributed by atoms with Crippen LogP contribution in [0.25, 0.3) is 0 Å². The molecule has 0 spiro atoms. The number of nitrogens with one attached hydrogen (secondary N) is 1. The van der Waals surface area contributed by atoms with Crippen LogP contribution >= 0.6 is 8.58 Å². The average molecular weight is 737 g/mol. The van der Waals surface area contributed by atoms with E-state index in [4.69, 9.17) is 10.2 Å². The zero-order valence-corrected chi connectivity index (χ0v) is 34.7. The molecule has 0 amide bonds. The third-order valence-corrected chi connectivity index (χ3v) is 10.2. The van der Waals surface area contributed by atoms with Gasteiger partial charge in [-0.1, -0.05) is 161 Å². The Morgan fingerprint density at radius 2 is 0.804 bits per heavy atom. The molecule has 3 N–H and O–H groups in total. The first-order valence-corrected chi connectivity index (χ1v) is 22.5. The molecule has 6 nitrogen and oxygen atoms in total. The lowest BCUT2D eigenvalue weighted by molar-refractivity contribution is -0.140. The van der Waals surface area contributed by atoms with Gasteiger partial charge in [-0.15, -0.1) is 0 Å². The van der Waals surface area contributed by atoms with Gasteiger partial charge in [0.05, 0.1) is 15.2 Å². The second-order valence-electron chi connectivity index (χ2n) is 14.3. The largest absolute Gasteiger partial charge is 0.480 e. The molecule has 1 atom stereocenters. The molecule has 0 saturated carbocycles. The molecule has 0 aromatic carbocycles. The second kappa shape index (κ2) is 44.8. The van der Waals surface area contributed by atoms with Crippen LogP contribution in [-0.4, -0.2) is 46.4 Å². The van der Waals surface area contributed by atoms with Gasteiger partial charge in [-0.3, -0.25) is 14.4 Å². The number of aliphatic hydroxyl groups excluding tert-OH is 1. The predicted molar refractivity (Wildman–Crippen MR) is 222 cm³/mol. The Kier molecular flexibility index (Phi) is 45.5. The van der Waals surface area contributed by atoms with Crippen molar-refractivity contribution in [3.05, 3.63) is 24.3 Å². The van der Waals surface area contributed by atoms with Crippen molar-refractivity contribution < 1.29 is 24.6 Å². The number of hydrogen-bond acceptors (Lipinski definition) is 5. The Morgan fingerprint density at radius 3 is 1.14 bits per heavy atom. The number of rotatable bonds is 39. The summed E-state index contributed by atoms with van der Waals surface area (Å²) in [5.41, 5.74) is 0.260. The highest BCUT2D eigenvalue weighted by atomic mass is 31.1. The maximum atomic E-state index is 12.1. The number of unbranched alkanes of at least 4 members (excludes halogenated alkanes) is 24. The summed E-state index contributed by atoms with van der Waals surface area (Å²) < 4.78 is 0. The van der Waals surface area contributed by atoms with Crippen LogP contribution in [0.1, 0.15) is 220 Å². The smallest absolute Gasteiger partial charge is 0.323 e. The van der Waals surface area contributed by atoms with E-state index in [0.29, 0.717) is 28.0 Å². The quantitative estimate of drug-likeness (QED) is 0.0330. The van der Waals surface area contributed by atoms with Crippen LogP contribution in [0, 0.1) is 0 Å². The highest BCUT2D eigenvalue weighted by Crippen LogP contribution is 2.22. The number of carbonyl (C=O) groups is 3. The number of aliphatic hydroxyl groups is 1. The zero-order chi connectivity index (χ0) is 37.9. The predicted octanol–water partition coefficient (Wildman–Crippen LogP) is 13.3. The lowest BCUT2D eigenvalue weighted by atomic mass is 10.1. The summed E-state index contributed by atoms with van der Waals surface area (Å²) in [5, 5.41) is 19.9. The van der Waals surface area contributed by atoms with Crippen molar-refractivity contribution in [2.24, 2.45) is 0 Å². The summed E-state index contributed by atoms with van der Waals surface area (Å²) in [4.78, 5) is 34.6. The van der Waals surface area contributed by atoms with Crippen LogP contribution in [0.15, 0.2) is 24.3 Å². The molecule has 0 aromatic heterocycles. The van der Waals surface area contributed by atoms with Gasteiger partial charge in [-0.2, -0.15) is 0 Å². The van der Waals surface area contributed by atoms with Crippen molar-refractivity contribution in [1.29, 1.82) is 0 Å². The Labute approximate surface area is 318 Å². The van der Waals surface area contributed by atoms with Gasteiger partial charge in [0.1, 0.15) is 6.04 Å². The van der Waals surface area contributed by atoms with E-state index in [-0.39, 0.29) is 17.7 Å². The average Bonchev–Trinajstić information content (AvgIpc) is 3.11. The summed E-state index contributed by atoms with van der Waals surface area (Å²) in [6, 6.07) is -0.804. The Hall–Kier alpha value is -1.36. The summed E-state index contributed by atoms with van der Waals surface area (Å²) in [6.07, 6.45) is 46.7. The zero-order valence-electron chi connectivity index (χ0n) is 33.8. The van der Waals surface area contributed by atoms with E-state index in [0.717, 1.165) is 44.9 Å². The number of carboxylic acids is 1. The minimum absolute atomic E-state index is 0.130. The van der Waals surface area contributed by atoms with E-state index in [1.54, 1.807) is 0 Å². The van der Waals surface area contributed by atoms with Gasteiger partial charge in [0.25, 0.3) is 0 Å². The van der Waals surface area contributed by atoms with Gasteiger partial charge in [0.2, 0.25) is 0 Å². The minimum atomic E-state index is -0.992. The van der Waals surface area contributed by atoms with Crippen molar-refractivity contribution in [3.8, 4) is 0 Å². The molecule has 0 aliphatic heterocycles. The second-order valence-corrected chi connectivity index (χ2v) is 15.5. The topological polar surface area (TPSA) is 104 Å². The van der Waals surface area contributed by atoms with E-state index in [1.165, 1.54) is 141 Å². The number of hydrogen-bond donors (Lipinski definition) is 3. The number of carbonyl (C=O) groups excluding carboxylic acids is 2. The SMILES string of the molecule is CCCCCCCC/C=C\CCCCCCCC(=O)[P]C(=O)CCCCCCC/C=C\CCCCCCCC.CCCCCNC(CO)C(=O)O. The van der Waals surface area contributed by atoms with Gasteiger partial charge in [0, 0.05) is 12.8 Å². The maximum Gasteiger partial charge on any atom is 0.323 e. The highest BCUT2D eigenvalue weighted by molar-refractivity contribution is 7.73. The fourth-order valence-electron chi connectivity index (χ4n) is 5.83. The van der Waals surface area contributed by atoms with E-state index in [9.17, 15) is 14.4 Å². The Morgan fingerprint density at radius 1 is 0.490 bits per heavy atom. The van der Waals surface area contributed by atoms with E-state index in [1.807, 2.05) is 0 Å². The summed E-state index contributed by atoms with van der Waals surface area (Å²) >= 11 is 0. The molecule has 1 unspecified atom stereocenters. The first-order chi connectivity index (χ1) is 24.9. The lowest BCUT2D eigenvalue weighted by Crippen LogP contribution is -2.40. The highest BCUT2D eigenvalue weighted by Gasteiger charge is 2.14.